The first-order valence-electron chi connectivity index (χ1n) is 9.73. The normalized spacial score (nSPS) is 22.5. The summed E-state index contributed by atoms with van der Waals surface area (Å²) in [7, 11) is 0. The molecular formula is C23H34O. The van der Waals surface area contributed by atoms with Crippen LogP contribution in [0.3, 0.4) is 0 Å². The highest BCUT2D eigenvalue weighted by atomic mass is 16.5. The fraction of sp³-hybridized carbons (Fsp3) is 0.565. The lowest BCUT2D eigenvalue weighted by atomic mass is 9.79. The van der Waals surface area contributed by atoms with Gasteiger partial charge in [-0.3, -0.25) is 0 Å². The lowest BCUT2D eigenvalue weighted by molar-refractivity contribution is 0.0650. The third-order valence-electron chi connectivity index (χ3n) is 5.27. The van der Waals surface area contributed by atoms with E-state index in [4.69, 9.17) is 4.74 Å². The van der Waals surface area contributed by atoms with Gasteiger partial charge in [0.25, 0.3) is 0 Å². The molecule has 0 amide bonds. The Hall–Kier alpha value is -1.34. The van der Waals surface area contributed by atoms with E-state index in [9.17, 15) is 0 Å². The predicted molar refractivity (Wildman–Crippen MR) is 104 cm³/mol. The van der Waals surface area contributed by atoms with Gasteiger partial charge in [0, 0.05) is 0 Å². The number of ether oxygens (including phenoxy) is 1. The summed E-state index contributed by atoms with van der Waals surface area (Å²) in [6.07, 6.45) is 17.4. The number of rotatable bonds is 10. The van der Waals surface area contributed by atoms with Crippen LogP contribution in [0.4, 0.5) is 0 Å². The number of allylic oxidation sites excluding steroid dienone is 2. The maximum Gasteiger partial charge on any atom is 0.0829 e. The molecule has 0 aromatic heterocycles. The smallest absolute Gasteiger partial charge is 0.0829 e. The van der Waals surface area contributed by atoms with Crippen LogP contribution in [0.1, 0.15) is 70.0 Å². The van der Waals surface area contributed by atoms with Crippen molar-refractivity contribution in [1.29, 1.82) is 0 Å². The van der Waals surface area contributed by atoms with E-state index in [1.807, 2.05) is 6.08 Å². The summed E-state index contributed by atoms with van der Waals surface area (Å²) in [6, 6.07) is 10.6. The highest BCUT2D eigenvalue weighted by Gasteiger charge is 2.19. The van der Waals surface area contributed by atoms with Gasteiger partial charge in [-0.2, -0.15) is 0 Å². The lowest BCUT2D eigenvalue weighted by Gasteiger charge is -2.27. The molecule has 132 valence electrons. The van der Waals surface area contributed by atoms with E-state index >= 15 is 0 Å². The topological polar surface area (TPSA) is 9.23 Å². The van der Waals surface area contributed by atoms with Crippen LogP contribution in [0.15, 0.2) is 55.1 Å². The monoisotopic (exact) mass is 326 g/mol. The quantitative estimate of drug-likeness (QED) is 0.336. The Balaban J connectivity index is 1.68. The van der Waals surface area contributed by atoms with Crippen LogP contribution >= 0.6 is 0 Å². The average molecular weight is 327 g/mol. The van der Waals surface area contributed by atoms with Gasteiger partial charge in [0.2, 0.25) is 0 Å². The van der Waals surface area contributed by atoms with Gasteiger partial charge in [0.05, 0.1) is 12.7 Å². The molecule has 0 radical (unpaired) electrons. The number of hydrogen-bond acceptors (Lipinski definition) is 1. The molecule has 1 aliphatic rings. The van der Waals surface area contributed by atoms with Crippen LogP contribution in [0.5, 0.6) is 0 Å². The molecule has 0 heterocycles. The zero-order valence-electron chi connectivity index (χ0n) is 15.3. The number of unbranched alkanes of at least 4 members (excludes halogenated alkanes) is 1. The molecule has 0 bridgehead atoms. The number of hydrogen-bond donors (Lipinski definition) is 0. The van der Waals surface area contributed by atoms with Gasteiger partial charge in [-0.25, -0.2) is 0 Å². The summed E-state index contributed by atoms with van der Waals surface area (Å²) in [5.41, 5.74) is 1.30. The van der Waals surface area contributed by atoms with Gasteiger partial charge in [-0.15, -0.1) is 6.58 Å². The van der Waals surface area contributed by atoms with Crippen LogP contribution in [0, 0.1) is 11.8 Å². The van der Waals surface area contributed by atoms with Gasteiger partial charge >= 0.3 is 0 Å². The first kappa shape index (κ1) is 19.0. The minimum Gasteiger partial charge on any atom is -0.369 e. The van der Waals surface area contributed by atoms with Crippen molar-refractivity contribution in [1.82, 2.24) is 0 Å². The highest BCUT2D eigenvalue weighted by Crippen LogP contribution is 2.33. The molecule has 0 spiro atoms. The fourth-order valence-corrected chi connectivity index (χ4v) is 3.90. The van der Waals surface area contributed by atoms with Crippen molar-refractivity contribution in [2.45, 2.75) is 64.4 Å². The molecule has 1 saturated carbocycles. The van der Waals surface area contributed by atoms with E-state index < -0.39 is 0 Å². The molecule has 0 N–H and O–H groups in total. The van der Waals surface area contributed by atoms with E-state index in [2.05, 4.69) is 56.0 Å². The molecular weight excluding hydrogens is 292 g/mol. The lowest BCUT2D eigenvalue weighted by Crippen LogP contribution is -2.13. The molecule has 0 aliphatic heterocycles. The molecule has 1 aromatic carbocycles. The maximum atomic E-state index is 5.98. The van der Waals surface area contributed by atoms with Crippen LogP contribution in [-0.2, 0) is 4.74 Å². The Kier molecular flexibility index (Phi) is 8.91. The van der Waals surface area contributed by atoms with Crippen molar-refractivity contribution in [2.75, 3.05) is 6.61 Å². The Morgan fingerprint density at radius 2 is 1.88 bits per heavy atom. The van der Waals surface area contributed by atoms with Gasteiger partial charge < -0.3 is 4.74 Å². The van der Waals surface area contributed by atoms with Gasteiger partial charge in [-0.1, -0.05) is 67.8 Å². The van der Waals surface area contributed by atoms with Crippen molar-refractivity contribution >= 4 is 0 Å². The first-order valence-corrected chi connectivity index (χ1v) is 9.73. The van der Waals surface area contributed by atoms with Crippen LogP contribution in [-0.4, -0.2) is 6.61 Å². The summed E-state index contributed by atoms with van der Waals surface area (Å²) >= 11 is 0. The zero-order chi connectivity index (χ0) is 17.0. The number of benzene rings is 1. The Bertz CT molecular complexity index is 468. The van der Waals surface area contributed by atoms with Crippen molar-refractivity contribution in [3.05, 3.63) is 60.7 Å². The van der Waals surface area contributed by atoms with Gasteiger partial charge in [0.15, 0.2) is 0 Å². The second-order valence-corrected chi connectivity index (χ2v) is 7.11. The molecule has 2 rings (SSSR count). The van der Waals surface area contributed by atoms with Gasteiger partial charge in [0.1, 0.15) is 0 Å². The standard InChI is InChI=1S/C23H34O/c1-3-10-20-15-17-21(18-16-20)11-8-9-14-23(24-19-4-2)22-12-6-5-7-13-22/h3-7,10,12-13,20-21,23H,2,8-9,11,14-19H2,1H3. The molecule has 1 aliphatic carbocycles. The molecule has 0 saturated heterocycles. The van der Waals surface area contributed by atoms with E-state index in [1.165, 1.54) is 50.5 Å². The Morgan fingerprint density at radius 3 is 2.54 bits per heavy atom. The van der Waals surface area contributed by atoms with E-state index in [-0.39, 0.29) is 6.10 Å². The largest absolute Gasteiger partial charge is 0.369 e. The second kappa shape index (κ2) is 11.3. The Morgan fingerprint density at radius 1 is 1.12 bits per heavy atom. The summed E-state index contributed by atoms with van der Waals surface area (Å²) in [6.45, 7) is 6.55. The molecule has 1 atom stereocenters. The Labute approximate surface area is 148 Å². The minimum absolute atomic E-state index is 0.217. The molecule has 1 nitrogen and oxygen atoms in total. The van der Waals surface area contributed by atoms with E-state index in [1.54, 1.807) is 0 Å². The van der Waals surface area contributed by atoms with Crippen molar-refractivity contribution in [2.24, 2.45) is 11.8 Å². The second-order valence-electron chi connectivity index (χ2n) is 7.11. The highest BCUT2D eigenvalue weighted by molar-refractivity contribution is 5.17. The van der Waals surface area contributed by atoms with Gasteiger partial charge in [-0.05, 0) is 56.4 Å². The maximum absolute atomic E-state index is 5.98. The summed E-state index contributed by atoms with van der Waals surface area (Å²) in [4.78, 5) is 0. The summed E-state index contributed by atoms with van der Waals surface area (Å²) in [5.74, 6) is 1.80. The van der Waals surface area contributed by atoms with Crippen LogP contribution in [0.2, 0.25) is 0 Å². The van der Waals surface area contributed by atoms with Crippen molar-refractivity contribution in [3.63, 3.8) is 0 Å². The van der Waals surface area contributed by atoms with E-state index in [0.29, 0.717) is 6.61 Å². The molecule has 24 heavy (non-hydrogen) atoms. The molecule has 1 fully saturated rings. The minimum atomic E-state index is 0.217. The molecule has 1 unspecified atom stereocenters. The molecule has 1 heteroatoms. The molecule has 1 aromatic rings. The average Bonchev–Trinajstić information content (AvgIpc) is 2.63. The van der Waals surface area contributed by atoms with Crippen LogP contribution < -0.4 is 0 Å². The van der Waals surface area contributed by atoms with Crippen LogP contribution in [0.25, 0.3) is 0 Å². The first-order chi connectivity index (χ1) is 11.8. The summed E-state index contributed by atoms with van der Waals surface area (Å²) < 4.78 is 5.98. The summed E-state index contributed by atoms with van der Waals surface area (Å²) in [5, 5.41) is 0. The van der Waals surface area contributed by atoms with E-state index in [0.717, 1.165) is 18.3 Å². The predicted octanol–water partition coefficient (Wildman–Crippen LogP) is 6.87. The third-order valence-corrected chi connectivity index (χ3v) is 5.27. The van der Waals surface area contributed by atoms with Crippen molar-refractivity contribution in [3.8, 4) is 0 Å². The SMILES string of the molecule is C=CCOC(CCCCC1CCC(C=CC)CC1)c1ccccc1. The zero-order valence-corrected chi connectivity index (χ0v) is 15.3. The van der Waals surface area contributed by atoms with Crippen molar-refractivity contribution < 1.29 is 4.74 Å². The fourth-order valence-electron chi connectivity index (χ4n) is 3.90. The third kappa shape index (κ3) is 6.65.